The summed E-state index contributed by atoms with van der Waals surface area (Å²) in [5.74, 6) is -2.18. The zero-order chi connectivity index (χ0) is 18.0. The van der Waals surface area contributed by atoms with Crippen molar-refractivity contribution in [3.63, 3.8) is 0 Å². The monoisotopic (exact) mass is 346 g/mol. The molecule has 0 spiro atoms. The first-order valence-electron chi connectivity index (χ1n) is 7.20. The van der Waals surface area contributed by atoms with Gasteiger partial charge < -0.3 is 13.9 Å². The van der Waals surface area contributed by atoms with Gasteiger partial charge in [-0.15, -0.1) is 0 Å². The predicted octanol–water partition coefficient (Wildman–Crippen LogP) is 3.44. The molecule has 0 aliphatic rings. The third-order valence-electron chi connectivity index (χ3n) is 3.49. The second kappa shape index (κ2) is 6.72. The molecule has 128 valence electrons. The number of carbonyl (C=O) groups is 1. The second-order valence-electron chi connectivity index (χ2n) is 5.19. The van der Waals surface area contributed by atoms with Crippen LogP contribution in [0.1, 0.15) is 15.9 Å². The Hall–Kier alpha value is -3.22. The number of ether oxygens (including phenoxy) is 2. The van der Waals surface area contributed by atoms with Crippen LogP contribution in [-0.4, -0.2) is 13.1 Å². The number of hydrogen-bond acceptors (Lipinski definition) is 5. The van der Waals surface area contributed by atoms with Gasteiger partial charge in [0.05, 0.1) is 12.7 Å². The SMILES string of the molecule is COc1ccc2c(COC(=O)c3cc(F)cc(F)c3)cc(=O)oc2c1. The van der Waals surface area contributed by atoms with Crippen LogP contribution in [0.4, 0.5) is 8.78 Å². The van der Waals surface area contributed by atoms with Gasteiger partial charge >= 0.3 is 11.6 Å². The number of halogens is 2. The molecule has 0 amide bonds. The van der Waals surface area contributed by atoms with E-state index < -0.39 is 23.2 Å². The first-order valence-corrected chi connectivity index (χ1v) is 7.20. The van der Waals surface area contributed by atoms with Gasteiger partial charge in [-0.3, -0.25) is 0 Å². The fourth-order valence-electron chi connectivity index (χ4n) is 2.35. The van der Waals surface area contributed by atoms with Gasteiger partial charge in [0.2, 0.25) is 0 Å². The summed E-state index contributed by atoms with van der Waals surface area (Å²) in [6, 6.07) is 8.43. The Morgan fingerprint density at radius 2 is 1.80 bits per heavy atom. The predicted molar refractivity (Wildman–Crippen MR) is 84.5 cm³/mol. The molecule has 5 nitrogen and oxygen atoms in total. The van der Waals surface area contributed by atoms with Gasteiger partial charge in [-0.2, -0.15) is 0 Å². The van der Waals surface area contributed by atoms with E-state index in [0.29, 0.717) is 22.8 Å². The van der Waals surface area contributed by atoms with Crippen LogP contribution in [0.25, 0.3) is 11.0 Å². The van der Waals surface area contributed by atoms with Crippen molar-refractivity contribution in [2.75, 3.05) is 7.11 Å². The summed E-state index contributed by atoms with van der Waals surface area (Å²) in [7, 11) is 1.48. The van der Waals surface area contributed by atoms with Crippen molar-refractivity contribution in [3.8, 4) is 5.75 Å². The maximum atomic E-state index is 13.2. The molecule has 0 bridgehead atoms. The van der Waals surface area contributed by atoms with Crippen molar-refractivity contribution >= 4 is 16.9 Å². The van der Waals surface area contributed by atoms with Crippen molar-refractivity contribution in [1.29, 1.82) is 0 Å². The van der Waals surface area contributed by atoms with Crippen LogP contribution in [0.15, 0.2) is 51.7 Å². The van der Waals surface area contributed by atoms with Gasteiger partial charge in [0, 0.05) is 29.1 Å². The lowest BCUT2D eigenvalue weighted by Gasteiger charge is -2.08. The smallest absolute Gasteiger partial charge is 0.338 e. The molecule has 3 rings (SSSR count). The zero-order valence-corrected chi connectivity index (χ0v) is 13.0. The lowest BCUT2D eigenvalue weighted by atomic mass is 10.1. The van der Waals surface area contributed by atoms with Crippen LogP contribution in [-0.2, 0) is 11.3 Å². The van der Waals surface area contributed by atoms with Crippen molar-refractivity contribution in [2.24, 2.45) is 0 Å². The number of esters is 1. The van der Waals surface area contributed by atoms with Gasteiger partial charge in [-0.05, 0) is 24.3 Å². The first kappa shape index (κ1) is 16.6. The lowest BCUT2D eigenvalue weighted by Crippen LogP contribution is -2.08. The van der Waals surface area contributed by atoms with Crippen LogP contribution in [0.3, 0.4) is 0 Å². The third kappa shape index (κ3) is 3.65. The Balaban J connectivity index is 1.87. The van der Waals surface area contributed by atoms with Crippen molar-refractivity contribution in [3.05, 3.63) is 75.6 Å². The fraction of sp³-hybridized carbons (Fsp3) is 0.111. The Morgan fingerprint density at radius 1 is 1.08 bits per heavy atom. The van der Waals surface area contributed by atoms with Crippen molar-refractivity contribution in [1.82, 2.24) is 0 Å². The standard InChI is InChI=1S/C18H12F2O5/c1-23-14-2-3-15-11(6-17(21)25-16(15)8-14)9-24-18(22)10-4-12(19)7-13(20)5-10/h2-8H,9H2,1H3. The molecule has 3 aromatic rings. The lowest BCUT2D eigenvalue weighted by molar-refractivity contribution is 0.0472. The number of hydrogen-bond donors (Lipinski definition) is 0. The van der Waals surface area contributed by atoms with E-state index in [9.17, 15) is 18.4 Å². The highest BCUT2D eigenvalue weighted by Crippen LogP contribution is 2.23. The van der Waals surface area contributed by atoms with Gasteiger partial charge in [0.15, 0.2) is 0 Å². The molecular formula is C18H12F2O5. The van der Waals surface area contributed by atoms with Crippen LogP contribution in [0.2, 0.25) is 0 Å². The van der Waals surface area contributed by atoms with E-state index in [1.165, 1.54) is 19.2 Å². The minimum absolute atomic E-state index is 0.258. The number of methoxy groups -OCH3 is 1. The molecule has 0 radical (unpaired) electrons. The van der Waals surface area contributed by atoms with Crippen LogP contribution in [0.5, 0.6) is 5.75 Å². The summed E-state index contributed by atoms with van der Waals surface area (Å²) in [5, 5.41) is 0.554. The van der Waals surface area contributed by atoms with E-state index in [-0.39, 0.29) is 17.8 Å². The Labute approximate surface area is 140 Å². The van der Waals surface area contributed by atoms with Crippen LogP contribution >= 0.6 is 0 Å². The topological polar surface area (TPSA) is 65.7 Å². The van der Waals surface area contributed by atoms with Gasteiger partial charge in [-0.25, -0.2) is 18.4 Å². The van der Waals surface area contributed by atoms with E-state index in [2.05, 4.69) is 0 Å². The van der Waals surface area contributed by atoms with E-state index in [0.717, 1.165) is 12.1 Å². The van der Waals surface area contributed by atoms with E-state index in [4.69, 9.17) is 13.9 Å². The summed E-state index contributed by atoms with van der Waals surface area (Å²) < 4.78 is 41.6. The number of carbonyl (C=O) groups excluding carboxylic acids is 1. The zero-order valence-electron chi connectivity index (χ0n) is 13.0. The molecule has 0 N–H and O–H groups in total. The quantitative estimate of drug-likeness (QED) is 0.535. The van der Waals surface area contributed by atoms with Crippen molar-refractivity contribution in [2.45, 2.75) is 6.61 Å². The Kier molecular flexibility index (Phi) is 4.47. The molecule has 0 aliphatic carbocycles. The molecule has 7 heteroatoms. The molecule has 0 aliphatic heterocycles. The molecule has 25 heavy (non-hydrogen) atoms. The van der Waals surface area contributed by atoms with Crippen LogP contribution < -0.4 is 10.4 Å². The number of rotatable bonds is 4. The second-order valence-corrected chi connectivity index (χ2v) is 5.19. The maximum Gasteiger partial charge on any atom is 0.338 e. The Morgan fingerprint density at radius 3 is 2.48 bits per heavy atom. The summed E-state index contributed by atoms with van der Waals surface area (Å²) in [6.07, 6.45) is 0. The summed E-state index contributed by atoms with van der Waals surface area (Å²) in [4.78, 5) is 23.6. The third-order valence-corrected chi connectivity index (χ3v) is 3.49. The molecule has 1 heterocycles. The minimum atomic E-state index is -0.909. The molecule has 0 fully saturated rings. The highest BCUT2D eigenvalue weighted by molar-refractivity contribution is 5.89. The van der Waals surface area contributed by atoms with E-state index in [1.807, 2.05) is 0 Å². The molecule has 2 aromatic carbocycles. The largest absolute Gasteiger partial charge is 0.497 e. The van der Waals surface area contributed by atoms with Gasteiger partial charge in [0.1, 0.15) is 29.6 Å². The summed E-state index contributed by atoms with van der Waals surface area (Å²) >= 11 is 0. The average molecular weight is 346 g/mol. The highest BCUT2D eigenvalue weighted by atomic mass is 19.1. The van der Waals surface area contributed by atoms with Gasteiger partial charge in [-0.1, -0.05) is 0 Å². The maximum absolute atomic E-state index is 13.2. The summed E-state index contributed by atoms with van der Waals surface area (Å²) in [5.41, 5.74) is -0.205. The molecule has 0 atom stereocenters. The fourth-order valence-corrected chi connectivity index (χ4v) is 2.35. The average Bonchev–Trinajstić information content (AvgIpc) is 2.57. The number of fused-ring (bicyclic) bond motifs is 1. The summed E-state index contributed by atoms with van der Waals surface area (Å²) in [6.45, 7) is -0.259. The normalized spacial score (nSPS) is 10.7. The minimum Gasteiger partial charge on any atom is -0.497 e. The number of benzene rings is 2. The van der Waals surface area contributed by atoms with Crippen molar-refractivity contribution < 1.29 is 27.5 Å². The van der Waals surface area contributed by atoms with E-state index in [1.54, 1.807) is 12.1 Å². The first-order chi connectivity index (χ1) is 12.0. The Bertz CT molecular complexity index is 990. The highest BCUT2D eigenvalue weighted by Gasteiger charge is 2.13. The molecule has 0 saturated carbocycles. The molecular weight excluding hydrogens is 334 g/mol. The molecule has 0 unspecified atom stereocenters. The van der Waals surface area contributed by atoms with Crippen LogP contribution in [0, 0.1) is 11.6 Å². The molecule has 1 aromatic heterocycles. The van der Waals surface area contributed by atoms with E-state index >= 15 is 0 Å². The molecule has 0 saturated heterocycles. The van der Waals surface area contributed by atoms with Gasteiger partial charge in [0.25, 0.3) is 0 Å².